The zero-order chi connectivity index (χ0) is 16.4. The number of rotatable bonds is 4. The summed E-state index contributed by atoms with van der Waals surface area (Å²) in [4.78, 5) is 18.2. The van der Waals surface area contributed by atoms with Crippen molar-refractivity contribution in [3.63, 3.8) is 0 Å². The van der Waals surface area contributed by atoms with Crippen molar-refractivity contribution in [1.82, 2.24) is 5.32 Å². The topological polar surface area (TPSA) is 86.6 Å². The minimum atomic E-state index is -1.82. The minimum absolute atomic E-state index is 0.150. The third-order valence-electron chi connectivity index (χ3n) is 2.63. The lowest BCUT2D eigenvalue weighted by atomic mass is 10.2. The van der Waals surface area contributed by atoms with Gasteiger partial charge in [0, 0.05) is 18.7 Å². The number of aliphatic carboxylic acids is 2. The zero-order valence-corrected chi connectivity index (χ0v) is 11.7. The summed E-state index contributed by atoms with van der Waals surface area (Å²) < 4.78 is 13.3. The van der Waals surface area contributed by atoms with E-state index < -0.39 is 11.9 Å². The average molecular weight is 305 g/mol. The molecule has 2 rings (SSSR count). The zero-order valence-electron chi connectivity index (χ0n) is 11.7. The second-order valence-electron chi connectivity index (χ2n) is 4.29. The fraction of sp³-hybridized carbons (Fsp3) is 0.125. The maximum atomic E-state index is 13.3. The number of hydrogen-bond acceptors (Lipinski definition) is 3. The van der Waals surface area contributed by atoms with Crippen LogP contribution in [0.4, 0.5) is 4.39 Å². The maximum absolute atomic E-state index is 13.3. The summed E-state index contributed by atoms with van der Waals surface area (Å²) in [6.07, 6.45) is 0. The fourth-order valence-electron chi connectivity index (χ4n) is 1.58. The highest BCUT2D eigenvalue weighted by Gasteiger charge is 2.04. The van der Waals surface area contributed by atoms with Crippen molar-refractivity contribution >= 4 is 11.9 Å². The molecule has 22 heavy (non-hydrogen) atoms. The maximum Gasteiger partial charge on any atom is 0.414 e. The summed E-state index contributed by atoms with van der Waals surface area (Å²) in [5, 5.41) is 18.0. The number of benzene rings is 2. The third-order valence-corrected chi connectivity index (χ3v) is 2.63. The summed E-state index contributed by atoms with van der Waals surface area (Å²) in [5.41, 5.74) is 1.91. The van der Waals surface area contributed by atoms with Crippen molar-refractivity contribution in [1.29, 1.82) is 0 Å². The van der Waals surface area contributed by atoms with Gasteiger partial charge < -0.3 is 15.5 Å². The number of halogens is 1. The molecule has 0 aromatic heterocycles. The molecule has 3 N–H and O–H groups in total. The van der Waals surface area contributed by atoms with Gasteiger partial charge in [0.2, 0.25) is 0 Å². The molecule has 0 aliphatic heterocycles. The smallest absolute Gasteiger partial charge is 0.414 e. The quantitative estimate of drug-likeness (QED) is 0.754. The molecular weight excluding hydrogens is 289 g/mol. The molecule has 116 valence electrons. The van der Waals surface area contributed by atoms with Gasteiger partial charge in [-0.05, 0) is 11.6 Å². The van der Waals surface area contributed by atoms with E-state index in [2.05, 4.69) is 5.32 Å². The highest BCUT2D eigenvalue weighted by molar-refractivity contribution is 6.27. The molecule has 0 amide bonds. The Morgan fingerprint density at radius 1 is 0.864 bits per heavy atom. The Bertz CT molecular complexity index is 605. The van der Waals surface area contributed by atoms with Gasteiger partial charge in [-0.15, -0.1) is 0 Å². The van der Waals surface area contributed by atoms with Crippen LogP contribution in [0.1, 0.15) is 11.1 Å². The molecule has 0 bridgehead atoms. The summed E-state index contributed by atoms with van der Waals surface area (Å²) in [5.74, 6) is -3.80. The van der Waals surface area contributed by atoms with Gasteiger partial charge in [-0.25, -0.2) is 14.0 Å². The van der Waals surface area contributed by atoms with Crippen LogP contribution in [-0.2, 0) is 22.7 Å². The Hall–Kier alpha value is -2.73. The highest BCUT2D eigenvalue weighted by atomic mass is 19.1. The number of carbonyl (C=O) groups is 2. The fourth-order valence-corrected chi connectivity index (χ4v) is 1.58. The summed E-state index contributed by atoms with van der Waals surface area (Å²) in [7, 11) is 0. The molecule has 2 aromatic carbocycles. The Kier molecular flexibility index (Phi) is 7.28. The third kappa shape index (κ3) is 6.62. The van der Waals surface area contributed by atoms with Crippen molar-refractivity contribution < 1.29 is 24.2 Å². The molecule has 2 aromatic rings. The summed E-state index contributed by atoms with van der Waals surface area (Å²) in [6.45, 7) is 1.32. The SMILES string of the molecule is Fc1ccccc1CNCc1ccccc1.O=C(O)C(=O)O. The number of nitrogens with one attached hydrogen (secondary N) is 1. The number of hydrogen-bond donors (Lipinski definition) is 3. The van der Waals surface area contributed by atoms with E-state index in [1.54, 1.807) is 12.1 Å². The van der Waals surface area contributed by atoms with Crippen LogP contribution in [-0.4, -0.2) is 22.2 Å². The van der Waals surface area contributed by atoms with Crippen molar-refractivity contribution in [2.24, 2.45) is 0 Å². The van der Waals surface area contributed by atoms with E-state index in [9.17, 15) is 4.39 Å². The lowest BCUT2D eigenvalue weighted by Gasteiger charge is -2.05. The minimum Gasteiger partial charge on any atom is -0.473 e. The molecule has 0 atom stereocenters. The van der Waals surface area contributed by atoms with E-state index in [1.807, 2.05) is 36.4 Å². The van der Waals surface area contributed by atoms with E-state index in [0.717, 1.165) is 6.54 Å². The van der Waals surface area contributed by atoms with Crippen molar-refractivity contribution in [3.8, 4) is 0 Å². The van der Waals surface area contributed by atoms with E-state index in [0.29, 0.717) is 12.1 Å². The summed E-state index contributed by atoms with van der Waals surface area (Å²) >= 11 is 0. The lowest BCUT2D eigenvalue weighted by Crippen LogP contribution is -2.13. The molecular formula is C16H16FNO4. The van der Waals surface area contributed by atoms with Crippen molar-refractivity contribution in [3.05, 3.63) is 71.5 Å². The molecule has 0 saturated heterocycles. The van der Waals surface area contributed by atoms with Gasteiger partial charge in [-0.3, -0.25) is 0 Å². The van der Waals surface area contributed by atoms with Gasteiger partial charge in [0.15, 0.2) is 0 Å². The molecule has 0 heterocycles. The predicted molar refractivity (Wildman–Crippen MR) is 78.7 cm³/mol. The van der Waals surface area contributed by atoms with Gasteiger partial charge in [0.25, 0.3) is 0 Å². The second kappa shape index (κ2) is 9.25. The summed E-state index contributed by atoms with van der Waals surface area (Å²) in [6, 6.07) is 16.9. The monoisotopic (exact) mass is 305 g/mol. The van der Waals surface area contributed by atoms with Gasteiger partial charge in [0.05, 0.1) is 0 Å². The van der Waals surface area contributed by atoms with Gasteiger partial charge in [-0.1, -0.05) is 48.5 Å². The van der Waals surface area contributed by atoms with Gasteiger partial charge >= 0.3 is 11.9 Å². The molecule has 0 fully saturated rings. The molecule has 0 aliphatic carbocycles. The molecule has 5 nitrogen and oxygen atoms in total. The van der Waals surface area contributed by atoms with Crippen molar-refractivity contribution in [2.75, 3.05) is 0 Å². The van der Waals surface area contributed by atoms with Crippen molar-refractivity contribution in [2.45, 2.75) is 13.1 Å². The van der Waals surface area contributed by atoms with Crippen LogP contribution < -0.4 is 5.32 Å². The molecule has 0 spiro atoms. The first-order valence-electron chi connectivity index (χ1n) is 6.45. The first kappa shape index (κ1) is 17.3. The predicted octanol–water partition coefficient (Wildman–Crippen LogP) is 2.27. The average Bonchev–Trinajstić information content (AvgIpc) is 2.51. The van der Waals surface area contributed by atoms with Gasteiger partial charge in [-0.2, -0.15) is 0 Å². The lowest BCUT2D eigenvalue weighted by molar-refractivity contribution is -0.159. The Labute approximate surface area is 127 Å². The van der Waals surface area contributed by atoms with Crippen LogP contribution in [0.15, 0.2) is 54.6 Å². The standard InChI is InChI=1S/C14H14FN.C2H2O4/c15-14-9-5-4-8-13(14)11-16-10-12-6-2-1-3-7-12;3-1(4)2(5)6/h1-9,16H,10-11H2;(H,3,4)(H,5,6). The van der Waals surface area contributed by atoms with E-state index in [4.69, 9.17) is 19.8 Å². The van der Waals surface area contributed by atoms with Crippen LogP contribution >= 0.6 is 0 Å². The van der Waals surface area contributed by atoms with Crippen LogP contribution in [0.3, 0.4) is 0 Å². The van der Waals surface area contributed by atoms with E-state index in [1.165, 1.54) is 11.6 Å². The van der Waals surface area contributed by atoms with Crippen LogP contribution in [0, 0.1) is 5.82 Å². The van der Waals surface area contributed by atoms with Crippen LogP contribution in [0.25, 0.3) is 0 Å². The molecule has 0 saturated carbocycles. The molecule has 6 heteroatoms. The van der Waals surface area contributed by atoms with E-state index in [-0.39, 0.29) is 5.82 Å². The van der Waals surface area contributed by atoms with Gasteiger partial charge in [0.1, 0.15) is 5.82 Å². The Morgan fingerprint density at radius 3 is 1.95 bits per heavy atom. The number of carboxylic acid groups (broad SMARTS) is 2. The largest absolute Gasteiger partial charge is 0.473 e. The second-order valence-corrected chi connectivity index (χ2v) is 4.29. The Morgan fingerprint density at radius 2 is 1.41 bits per heavy atom. The molecule has 0 unspecified atom stereocenters. The Balaban J connectivity index is 0.000000346. The highest BCUT2D eigenvalue weighted by Crippen LogP contribution is 2.06. The number of carboxylic acids is 2. The van der Waals surface area contributed by atoms with Crippen LogP contribution in [0.5, 0.6) is 0 Å². The first-order chi connectivity index (χ1) is 10.5. The molecule has 0 aliphatic rings. The van der Waals surface area contributed by atoms with E-state index >= 15 is 0 Å². The first-order valence-corrected chi connectivity index (χ1v) is 6.45. The normalized spacial score (nSPS) is 9.50. The molecule has 0 radical (unpaired) electrons. The van der Waals surface area contributed by atoms with Crippen LogP contribution in [0.2, 0.25) is 0 Å².